The minimum absolute atomic E-state index is 0.246. The predicted molar refractivity (Wildman–Crippen MR) is 73.4 cm³/mol. The molecule has 1 aromatic carbocycles. The van der Waals surface area contributed by atoms with Gasteiger partial charge >= 0.3 is 0 Å². The molecule has 18 heavy (non-hydrogen) atoms. The average Bonchev–Trinajstić information content (AvgIpc) is 2.33. The highest BCUT2D eigenvalue weighted by Crippen LogP contribution is 2.25. The number of nitrogens with one attached hydrogen (secondary N) is 1. The highest BCUT2D eigenvalue weighted by Gasteiger charge is 2.11. The van der Waals surface area contributed by atoms with Gasteiger partial charge in [0, 0.05) is 16.9 Å². The van der Waals surface area contributed by atoms with Crippen molar-refractivity contribution in [1.82, 2.24) is 4.98 Å². The van der Waals surface area contributed by atoms with Crippen molar-refractivity contribution in [2.24, 2.45) is 0 Å². The Kier molecular flexibility index (Phi) is 3.84. The van der Waals surface area contributed by atoms with Crippen LogP contribution < -0.4 is 5.32 Å². The Labute approximate surface area is 115 Å². The Balaban J connectivity index is 2.24. The summed E-state index contributed by atoms with van der Waals surface area (Å²) in [7, 11) is 0. The van der Waals surface area contributed by atoms with E-state index in [4.69, 9.17) is 23.2 Å². The second-order valence-corrected chi connectivity index (χ2v) is 4.56. The molecule has 3 nitrogen and oxygen atoms in total. The number of halogens is 2. The van der Waals surface area contributed by atoms with Gasteiger partial charge in [0.25, 0.3) is 5.91 Å². The molecule has 0 aliphatic heterocycles. The number of nitrogens with zero attached hydrogens (tertiary/aromatic N) is 1. The molecule has 0 atom stereocenters. The zero-order chi connectivity index (χ0) is 13.1. The molecule has 1 N–H and O–H groups in total. The first-order chi connectivity index (χ1) is 8.58. The summed E-state index contributed by atoms with van der Waals surface area (Å²) in [5.74, 6) is -0.246. The lowest BCUT2D eigenvalue weighted by atomic mass is 10.2. The molecule has 0 aliphatic carbocycles. The van der Waals surface area contributed by atoms with E-state index in [0.29, 0.717) is 27.0 Å². The van der Waals surface area contributed by atoms with E-state index in [-0.39, 0.29) is 5.91 Å². The van der Waals surface area contributed by atoms with Crippen LogP contribution in [0, 0.1) is 6.92 Å². The van der Waals surface area contributed by atoms with Gasteiger partial charge in [-0.15, -0.1) is 0 Å². The predicted octanol–water partition coefficient (Wildman–Crippen LogP) is 3.95. The number of pyridine rings is 1. The number of anilines is 1. The third kappa shape index (κ3) is 2.81. The van der Waals surface area contributed by atoms with Crippen molar-refractivity contribution in [3.05, 3.63) is 57.8 Å². The van der Waals surface area contributed by atoms with Crippen molar-refractivity contribution in [2.75, 3.05) is 5.32 Å². The minimum atomic E-state index is -0.246. The third-order valence-corrected chi connectivity index (χ3v) is 2.98. The van der Waals surface area contributed by atoms with E-state index in [0.717, 1.165) is 0 Å². The topological polar surface area (TPSA) is 42.0 Å². The molecule has 0 unspecified atom stereocenters. The van der Waals surface area contributed by atoms with Gasteiger partial charge in [0.1, 0.15) is 0 Å². The monoisotopic (exact) mass is 280 g/mol. The maximum Gasteiger partial charge on any atom is 0.257 e. The van der Waals surface area contributed by atoms with Crippen LogP contribution in [0.3, 0.4) is 0 Å². The lowest BCUT2D eigenvalue weighted by Crippen LogP contribution is -2.14. The van der Waals surface area contributed by atoms with Crippen molar-refractivity contribution in [3.8, 4) is 0 Å². The Morgan fingerprint density at radius 3 is 2.72 bits per heavy atom. The number of benzene rings is 1. The summed E-state index contributed by atoms with van der Waals surface area (Å²) in [5, 5.41) is 3.65. The van der Waals surface area contributed by atoms with Crippen molar-refractivity contribution >= 4 is 34.8 Å². The Morgan fingerprint density at radius 1 is 1.28 bits per heavy atom. The fraction of sp³-hybridized carbons (Fsp3) is 0.0769. The van der Waals surface area contributed by atoms with Crippen LogP contribution in [0.25, 0.3) is 0 Å². The first kappa shape index (κ1) is 12.9. The quantitative estimate of drug-likeness (QED) is 0.905. The van der Waals surface area contributed by atoms with Gasteiger partial charge in [-0.05, 0) is 37.3 Å². The number of amides is 1. The fourth-order valence-electron chi connectivity index (χ4n) is 1.50. The first-order valence-corrected chi connectivity index (χ1v) is 6.01. The van der Waals surface area contributed by atoms with Crippen LogP contribution in [0.1, 0.15) is 16.1 Å². The molecule has 0 saturated carbocycles. The van der Waals surface area contributed by atoms with Gasteiger partial charge in [-0.25, -0.2) is 0 Å². The summed E-state index contributed by atoms with van der Waals surface area (Å²) < 4.78 is 0. The van der Waals surface area contributed by atoms with Gasteiger partial charge in [0.2, 0.25) is 0 Å². The number of rotatable bonds is 2. The molecular formula is C13H10Cl2N2O. The molecule has 1 heterocycles. The lowest BCUT2D eigenvalue weighted by Gasteiger charge is -2.08. The van der Waals surface area contributed by atoms with E-state index in [2.05, 4.69) is 10.3 Å². The number of hydrogen-bond donors (Lipinski definition) is 1. The zero-order valence-corrected chi connectivity index (χ0v) is 11.1. The molecule has 92 valence electrons. The molecule has 2 aromatic rings. The number of aromatic nitrogens is 1. The van der Waals surface area contributed by atoms with Crippen LogP contribution in [0.15, 0.2) is 36.5 Å². The number of carbonyl (C=O) groups excluding carboxylic acids is 1. The maximum absolute atomic E-state index is 12.0. The van der Waals surface area contributed by atoms with Crippen LogP contribution in [0.4, 0.5) is 5.69 Å². The van der Waals surface area contributed by atoms with Crippen LogP contribution in [-0.2, 0) is 0 Å². The SMILES string of the molecule is Cc1ncccc1C(=O)Nc1ccc(Cl)cc1Cl. The number of hydrogen-bond acceptors (Lipinski definition) is 2. The molecule has 5 heteroatoms. The molecule has 1 aromatic heterocycles. The van der Waals surface area contributed by atoms with E-state index in [1.54, 1.807) is 43.5 Å². The molecule has 0 spiro atoms. The largest absolute Gasteiger partial charge is 0.321 e. The second-order valence-electron chi connectivity index (χ2n) is 3.71. The van der Waals surface area contributed by atoms with E-state index < -0.39 is 0 Å². The van der Waals surface area contributed by atoms with Crippen LogP contribution >= 0.6 is 23.2 Å². The molecule has 0 aliphatic rings. The Hall–Kier alpha value is -1.58. The first-order valence-electron chi connectivity index (χ1n) is 5.26. The second kappa shape index (κ2) is 5.38. The van der Waals surface area contributed by atoms with Crippen molar-refractivity contribution in [2.45, 2.75) is 6.92 Å². The third-order valence-electron chi connectivity index (χ3n) is 2.43. The van der Waals surface area contributed by atoms with Crippen molar-refractivity contribution in [3.63, 3.8) is 0 Å². The van der Waals surface area contributed by atoms with Gasteiger partial charge in [0.15, 0.2) is 0 Å². The summed E-state index contributed by atoms with van der Waals surface area (Å²) in [6.45, 7) is 1.78. The molecule has 0 radical (unpaired) electrons. The summed E-state index contributed by atoms with van der Waals surface area (Å²) in [6.07, 6.45) is 1.64. The van der Waals surface area contributed by atoms with Gasteiger partial charge in [0.05, 0.1) is 16.3 Å². The summed E-state index contributed by atoms with van der Waals surface area (Å²) in [4.78, 5) is 16.1. The van der Waals surface area contributed by atoms with Gasteiger partial charge in [-0.3, -0.25) is 9.78 Å². The molecule has 0 bridgehead atoms. The molecule has 2 rings (SSSR count). The molecule has 0 fully saturated rings. The van der Waals surface area contributed by atoms with Crippen LogP contribution in [0.2, 0.25) is 10.0 Å². The van der Waals surface area contributed by atoms with Crippen molar-refractivity contribution < 1.29 is 4.79 Å². The van der Waals surface area contributed by atoms with Gasteiger partial charge in [-0.1, -0.05) is 23.2 Å². The van der Waals surface area contributed by atoms with E-state index in [1.807, 2.05) is 0 Å². The summed E-state index contributed by atoms with van der Waals surface area (Å²) >= 11 is 11.8. The minimum Gasteiger partial charge on any atom is -0.321 e. The Morgan fingerprint density at radius 2 is 2.06 bits per heavy atom. The number of aryl methyl sites for hydroxylation is 1. The number of carbonyl (C=O) groups is 1. The summed E-state index contributed by atoms with van der Waals surface area (Å²) in [5.41, 5.74) is 1.71. The highest BCUT2D eigenvalue weighted by atomic mass is 35.5. The highest BCUT2D eigenvalue weighted by molar-refractivity contribution is 6.36. The van der Waals surface area contributed by atoms with Crippen LogP contribution in [0.5, 0.6) is 0 Å². The summed E-state index contributed by atoms with van der Waals surface area (Å²) in [6, 6.07) is 8.33. The van der Waals surface area contributed by atoms with Crippen molar-refractivity contribution in [1.29, 1.82) is 0 Å². The normalized spacial score (nSPS) is 10.2. The average molecular weight is 281 g/mol. The van der Waals surface area contributed by atoms with Crippen LogP contribution in [-0.4, -0.2) is 10.9 Å². The molecular weight excluding hydrogens is 271 g/mol. The molecule has 0 saturated heterocycles. The van der Waals surface area contributed by atoms with Gasteiger partial charge < -0.3 is 5.32 Å². The smallest absolute Gasteiger partial charge is 0.257 e. The zero-order valence-electron chi connectivity index (χ0n) is 9.58. The standard InChI is InChI=1S/C13H10Cl2N2O/c1-8-10(3-2-6-16-8)13(18)17-12-5-4-9(14)7-11(12)15/h2-7H,1H3,(H,17,18). The fourth-order valence-corrected chi connectivity index (χ4v) is 1.96. The van der Waals surface area contributed by atoms with E-state index >= 15 is 0 Å². The van der Waals surface area contributed by atoms with Gasteiger partial charge in [-0.2, -0.15) is 0 Å². The van der Waals surface area contributed by atoms with E-state index in [9.17, 15) is 4.79 Å². The molecule has 1 amide bonds. The van der Waals surface area contributed by atoms with E-state index in [1.165, 1.54) is 0 Å². The lowest BCUT2D eigenvalue weighted by molar-refractivity contribution is 0.102. The Bertz CT molecular complexity index is 599. The maximum atomic E-state index is 12.0.